The van der Waals surface area contributed by atoms with Crippen LogP contribution in [0, 0.1) is 11.3 Å². The first-order valence-corrected chi connectivity index (χ1v) is 5.46. The lowest BCUT2D eigenvalue weighted by Crippen LogP contribution is -2.04. The molecule has 90 valence electrons. The average molecular weight is 261 g/mol. The molecule has 0 spiro atoms. The van der Waals surface area contributed by atoms with Crippen molar-refractivity contribution in [3.05, 3.63) is 46.9 Å². The van der Waals surface area contributed by atoms with E-state index in [-0.39, 0.29) is 18.1 Å². The summed E-state index contributed by atoms with van der Waals surface area (Å²) in [7, 11) is 0. The van der Waals surface area contributed by atoms with E-state index in [4.69, 9.17) is 27.3 Å². The number of nitrogens with two attached hydrogens (primary N) is 1. The molecule has 2 rings (SSSR count). The molecule has 5 nitrogen and oxygen atoms in total. The molecule has 0 unspecified atom stereocenters. The van der Waals surface area contributed by atoms with E-state index < -0.39 is 0 Å². The zero-order chi connectivity index (χ0) is 13.0. The highest BCUT2D eigenvalue weighted by Crippen LogP contribution is 2.16. The van der Waals surface area contributed by atoms with Crippen molar-refractivity contribution < 1.29 is 4.74 Å². The third-order valence-corrected chi connectivity index (χ3v) is 2.41. The fraction of sp³-hybridized carbons (Fsp3) is 0.0833. The number of ether oxygens (including phenoxy) is 1. The third kappa shape index (κ3) is 2.87. The summed E-state index contributed by atoms with van der Waals surface area (Å²) in [6, 6.07) is 8.82. The van der Waals surface area contributed by atoms with Crippen molar-refractivity contribution in [3.63, 3.8) is 0 Å². The number of halogens is 1. The minimum atomic E-state index is 0.104. The van der Waals surface area contributed by atoms with Crippen LogP contribution in [-0.4, -0.2) is 9.97 Å². The van der Waals surface area contributed by atoms with Gasteiger partial charge in [-0.3, -0.25) is 0 Å². The number of hydrogen-bond acceptors (Lipinski definition) is 5. The number of nitrogen functional groups attached to an aromatic ring is 1. The van der Waals surface area contributed by atoms with Gasteiger partial charge >= 0.3 is 0 Å². The van der Waals surface area contributed by atoms with Crippen LogP contribution in [0.5, 0.6) is 5.75 Å². The fourth-order valence-electron chi connectivity index (χ4n) is 1.27. The number of rotatable bonds is 3. The summed E-state index contributed by atoms with van der Waals surface area (Å²) in [5, 5.41) is 9.41. The van der Waals surface area contributed by atoms with Gasteiger partial charge in [-0.2, -0.15) is 5.26 Å². The SMILES string of the molecule is N#Cc1nc(COc2ccc(Cl)cc2)cnc1N. The third-order valence-electron chi connectivity index (χ3n) is 2.16. The van der Waals surface area contributed by atoms with Crippen LogP contribution in [0.1, 0.15) is 11.4 Å². The smallest absolute Gasteiger partial charge is 0.183 e. The van der Waals surface area contributed by atoms with Crippen molar-refractivity contribution in [1.29, 1.82) is 5.26 Å². The van der Waals surface area contributed by atoms with Crippen molar-refractivity contribution >= 4 is 17.4 Å². The van der Waals surface area contributed by atoms with Crippen molar-refractivity contribution in [2.75, 3.05) is 5.73 Å². The highest BCUT2D eigenvalue weighted by Gasteiger charge is 2.04. The highest BCUT2D eigenvalue weighted by molar-refractivity contribution is 6.30. The molecule has 0 amide bonds. The standard InChI is InChI=1S/C12H9ClN4O/c13-8-1-3-10(4-2-8)18-7-9-6-16-12(15)11(5-14)17-9/h1-4,6H,7H2,(H2,15,16). The van der Waals surface area contributed by atoms with E-state index in [1.807, 2.05) is 6.07 Å². The molecule has 0 aliphatic heterocycles. The van der Waals surface area contributed by atoms with E-state index in [0.717, 1.165) is 0 Å². The molecule has 0 saturated carbocycles. The van der Waals surface area contributed by atoms with Crippen molar-refractivity contribution in [1.82, 2.24) is 9.97 Å². The van der Waals surface area contributed by atoms with Crippen LogP contribution in [-0.2, 0) is 6.61 Å². The molecule has 0 fully saturated rings. The lowest BCUT2D eigenvalue weighted by Gasteiger charge is -2.06. The van der Waals surface area contributed by atoms with Gasteiger partial charge < -0.3 is 10.5 Å². The maximum atomic E-state index is 8.77. The Morgan fingerprint density at radius 1 is 1.33 bits per heavy atom. The van der Waals surface area contributed by atoms with Gasteiger partial charge in [0.2, 0.25) is 0 Å². The first-order chi connectivity index (χ1) is 8.69. The Hall–Kier alpha value is -2.32. The minimum Gasteiger partial charge on any atom is -0.487 e. The van der Waals surface area contributed by atoms with Gasteiger partial charge in [-0.15, -0.1) is 0 Å². The van der Waals surface area contributed by atoms with E-state index in [0.29, 0.717) is 16.5 Å². The van der Waals surface area contributed by atoms with Crippen LogP contribution >= 0.6 is 11.6 Å². The molecule has 1 heterocycles. The van der Waals surface area contributed by atoms with Gasteiger partial charge in [0, 0.05) is 5.02 Å². The second kappa shape index (κ2) is 5.34. The number of anilines is 1. The van der Waals surface area contributed by atoms with Crippen molar-refractivity contribution in [2.24, 2.45) is 0 Å². The van der Waals surface area contributed by atoms with Gasteiger partial charge in [-0.05, 0) is 24.3 Å². The van der Waals surface area contributed by atoms with Gasteiger partial charge in [0.15, 0.2) is 11.5 Å². The Morgan fingerprint density at radius 2 is 2.06 bits per heavy atom. The lowest BCUT2D eigenvalue weighted by atomic mass is 10.3. The summed E-state index contributed by atoms with van der Waals surface area (Å²) >= 11 is 5.76. The zero-order valence-corrected chi connectivity index (χ0v) is 10.1. The molecule has 2 aromatic rings. The number of benzene rings is 1. The lowest BCUT2D eigenvalue weighted by molar-refractivity contribution is 0.300. The van der Waals surface area contributed by atoms with Crippen LogP contribution in [0.3, 0.4) is 0 Å². The minimum absolute atomic E-state index is 0.104. The number of hydrogen-bond donors (Lipinski definition) is 1. The normalized spacial score (nSPS) is 9.78. The maximum absolute atomic E-state index is 8.77. The first-order valence-electron chi connectivity index (χ1n) is 5.09. The van der Waals surface area contributed by atoms with Gasteiger partial charge in [0.1, 0.15) is 18.4 Å². The molecule has 18 heavy (non-hydrogen) atoms. The molecule has 1 aromatic heterocycles. The maximum Gasteiger partial charge on any atom is 0.183 e. The van der Waals surface area contributed by atoms with Gasteiger partial charge in [-0.1, -0.05) is 11.6 Å². The number of nitrogens with zero attached hydrogens (tertiary/aromatic N) is 3. The molecule has 0 aliphatic carbocycles. The summed E-state index contributed by atoms with van der Waals surface area (Å²) in [6.07, 6.45) is 1.48. The molecule has 0 radical (unpaired) electrons. The van der Waals surface area contributed by atoms with Crippen LogP contribution in [0.4, 0.5) is 5.82 Å². The second-order valence-corrected chi connectivity index (χ2v) is 3.89. The number of aromatic nitrogens is 2. The second-order valence-electron chi connectivity index (χ2n) is 3.45. The summed E-state index contributed by atoms with van der Waals surface area (Å²) < 4.78 is 5.48. The topological polar surface area (TPSA) is 84.8 Å². The van der Waals surface area contributed by atoms with Crippen LogP contribution < -0.4 is 10.5 Å². The van der Waals surface area contributed by atoms with Crippen LogP contribution in [0.15, 0.2) is 30.5 Å². The summed E-state index contributed by atoms with van der Waals surface area (Å²) in [5.74, 6) is 0.782. The summed E-state index contributed by atoms with van der Waals surface area (Å²) in [5.41, 5.74) is 6.11. The van der Waals surface area contributed by atoms with E-state index in [1.54, 1.807) is 24.3 Å². The average Bonchev–Trinajstić information content (AvgIpc) is 2.39. The van der Waals surface area contributed by atoms with E-state index >= 15 is 0 Å². The van der Waals surface area contributed by atoms with Gasteiger partial charge in [0.25, 0.3) is 0 Å². The molecular formula is C12H9ClN4O. The molecule has 0 atom stereocenters. The first kappa shape index (κ1) is 12.1. The molecule has 2 N–H and O–H groups in total. The molecular weight excluding hydrogens is 252 g/mol. The predicted molar refractivity (Wildman–Crippen MR) is 66.9 cm³/mol. The molecule has 6 heteroatoms. The highest BCUT2D eigenvalue weighted by atomic mass is 35.5. The molecule has 0 aliphatic rings. The van der Waals surface area contributed by atoms with Gasteiger partial charge in [0.05, 0.1) is 11.9 Å². The van der Waals surface area contributed by atoms with Crippen LogP contribution in [0.25, 0.3) is 0 Å². The fourth-order valence-corrected chi connectivity index (χ4v) is 1.40. The summed E-state index contributed by atoms with van der Waals surface area (Å²) in [6.45, 7) is 0.212. The van der Waals surface area contributed by atoms with E-state index in [1.165, 1.54) is 6.20 Å². The van der Waals surface area contributed by atoms with Gasteiger partial charge in [-0.25, -0.2) is 9.97 Å². The Labute approximate surface area is 109 Å². The number of nitriles is 1. The zero-order valence-electron chi connectivity index (χ0n) is 9.30. The quantitative estimate of drug-likeness (QED) is 0.914. The Bertz CT molecular complexity index is 592. The Morgan fingerprint density at radius 3 is 2.72 bits per heavy atom. The summed E-state index contributed by atoms with van der Waals surface area (Å²) in [4.78, 5) is 7.89. The van der Waals surface area contributed by atoms with Crippen molar-refractivity contribution in [2.45, 2.75) is 6.61 Å². The predicted octanol–water partition coefficient (Wildman–Crippen LogP) is 2.16. The van der Waals surface area contributed by atoms with Crippen molar-refractivity contribution in [3.8, 4) is 11.8 Å². The Kier molecular flexibility index (Phi) is 3.60. The van der Waals surface area contributed by atoms with E-state index in [2.05, 4.69) is 9.97 Å². The largest absolute Gasteiger partial charge is 0.487 e. The Balaban J connectivity index is 2.06. The van der Waals surface area contributed by atoms with Crippen LogP contribution in [0.2, 0.25) is 5.02 Å². The molecule has 0 bridgehead atoms. The monoisotopic (exact) mass is 260 g/mol. The molecule has 1 aromatic carbocycles. The molecule has 0 saturated heterocycles. The van der Waals surface area contributed by atoms with E-state index in [9.17, 15) is 0 Å².